The molecule has 0 N–H and O–H groups in total. The molecule has 1 aromatic carbocycles. The highest BCUT2D eigenvalue weighted by molar-refractivity contribution is 6.03. The van der Waals surface area contributed by atoms with Gasteiger partial charge < -0.3 is 4.90 Å². The second-order valence-corrected chi connectivity index (χ2v) is 5.75. The van der Waals surface area contributed by atoms with Gasteiger partial charge in [0, 0.05) is 25.3 Å². The highest BCUT2D eigenvalue weighted by Crippen LogP contribution is 2.25. The average Bonchev–Trinajstić information content (AvgIpc) is 2.35. The van der Waals surface area contributed by atoms with E-state index in [1.165, 1.54) is 0 Å². The van der Waals surface area contributed by atoms with Crippen LogP contribution in [0.25, 0.3) is 0 Å². The molecule has 1 atom stereocenters. The van der Waals surface area contributed by atoms with E-state index in [4.69, 9.17) is 0 Å². The van der Waals surface area contributed by atoms with Gasteiger partial charge in [-0.25, -0.2) is 0 Å². The number of ketones is 1. The first-order valence-electron chi connectivity index (χ1n) is 6.74. The Balaban J connectivity index is 0.00000361. The molecular formula is C17H30N2O. The van der Waals surface area contributed by atoms with Gasteiger partial charge >= 0.3 is 0 Å². The van der Waals surface area contributed by atoms with E-state index in [-0.39, 0.29) is 13.2 Å². The molecule has 0 aliphatic carbocycles. The summed E-state index contributed by atoms with van der Waals surface area (Å²) in [7, 11) is 7.95. The molecule has 0 aromatic heterocycles. The highest BCUT2D eigenvalue weighted by atomic mass is 16.1. The predicted molar refractivity (Wildman–Crippen MR) is 89.0 cm³/mol. The van der Waals surface area contributed by atoms with Crippen molar-refractivity contribution >= 4 is 11.5 Å². The standard InChI is InChI=1S/C16H26N2O.CH4/c1-8-16(3,18(6)7)15(19)13-9-10-14(17(4)5)12(2)11-13;/h9-11H,8H2,1-7H3;1H4. The molecule has 114 valence electrons. The van der Waals surface area contributed by atoms with Crippen molar-refractivity contribution in [3.63, 3.8) is 0 Å². The first-order valence-corrected chi connectivity index (χ1v) is 6.74. The Morgan fingerprint density at radius 1 is 1.20 bits per heavy atom. The molecule has 0 aliphatic rings. The molecule has 1 unspecified atom stereocenters. The van der Waals surface area contributed by atoms with Crippen molar-refractivity contribution in [3.8, 4) is 0 Å². The number of anilines is 1. The Bertz CT molecular complexity index is 466. The zero-order valence-corrected chi connectivity index (χ0v) is 13.2. The molecule has 1 rings (SSSR count). The number of carbonyl (C=O) groups excluding carboxylic acids is 1. The van der Waals surface area contributed by atoms with Crippen molar-refractivity contribution < 1.29 is 4.79 Å². The molecule has 3 nitrogen and oxygen atoms in total. The van der Waals surface area contributed by atoms with Gasteiger partial charge in [0.15, 0.2) is 5.78 Å². The maximum absolute atomic E-state index is 12.7. The maximum atomic E-state index is 12.7. The summed E-state index contributed by atoms with van der Waals surface area (Å²) in [5.74, 6) is 0.188. The number of likely N-dealkylation sites (N-methyl/N-ethyl adjacent to an activating group) is 1. The smallest absolute Gasteiger partial charge is 0.182 e. The normalized spacial score (nSPS) is 13.6. The summed E-state index contributed by atoms with van der Waals surface area (Å²) in [4.78, 5) is 16.8. The van der Waals surface area contributed by atoms with Gasteiger partial charge in [-0.2, -0.15) is 0 Å². The molecule has 0 aliphatic heterocycles. The average molecular weight is 278 g/mol. The Kier molecular flexibility index (Phi) is 6.42. The molecule has 0 bridgehead atoms. The molecule has 0 heterocycles. The molecule has 1 aromatic rings. The Morgan fingerprint density at radius 3 is 2.10 bits per heavy atom. The van der Waals surface area contributed by atoms with Crippen LogP contribution in [-0.4, -0.2) is 44.4 Å². The van der Waals surface area contributed by atoms with Crippen LogP contribution in [0.15, 0.2) is 18.2 Å². The molecule has 0 saturated carbocycles. The summed E-state index contributed by atoms with van der Waals surface area (Å²) in [6, 6.07) is 5.95. The minimum Gasteiger partial charge on any atom is -0.377 e. The zero-order chi connectivity index (χ0) is 14.8. The van der Waals surface area contributed by atoms with Crippen molar-refractivity contribution in [2.24, 2.45) is 0 Å². The number of rotatable bonds is 5. The van der Waals surface area contributed by atoms with Crippen molar-refractivity contribution in [2.75, 3.05) is 33.1 Å². The molecule has 20 heavy (non-hydrogen) atoms. The van der Waals surface area contributed by atoms with E-state index in [0.29, 0.717) is 0 Å². The number of Topliss-reactive ketones (excluding diaryl/α,β-unsaturated/α-hetero) is 1. The van der Waals surface area contributed by atoms with E-state index in [0.717, 1.165) is 23.2 Å². The van der Waals surface area contributed by atoms with Gasteiger partial charge in [-0.15, -0.1) is 0 Å². The molecule has 0 spiro atoms. The molecule has 0 saturated heterocycles. The number of hydrogen-bond donors (Lipinski definition) is 0. The Morgan fingerprint density at radius 2 is 1.75 bits per heavy atom. The number of hydrogen-bond acceptors (Lipinski definition) is 3. The summed E-state index contributed by atoms with van der Waals surface area (Å²) >= 11 is 0. The lowest BCUT2D eigenvalue weighted by molar-refractivity contribution is 0.0710. The molecule has 0 fully saturated rings. The molecule has 3 heteroatoms. The van der Waals surface area contributed by atoms with Crippen LogP contribution >= 0.6 is 0 Å². The first-order chi connectivity index (χ1) is 8.74. The fraction of sp³-hybridized carbons (Fsp3) is 0.588. The van der Waals surface area contributed by atoms with E-state index >= 15 is 0 Å². The van der Waals surface area contributed by atoms with Gasteiger partial charge in [0.25, 0.3) is 0 Å². The van der Waals surface area contributed by atoms with Gasteiger partial charge in [0.05, 0.1) is 5.54 Å². The summed E-state index contributed by atoms with van der Waals surface area (Å²) in [6.45, 7) is 6.11. The lowest BCUT2D eigenvalue weighted by atomic mass is 9.87. The lowest BCUT2D eigenvalue weighted by Crippen LogP contribution is -2.48. The van der Waals surface area contributed by atoms with Crippen molar-refractivity contribution in [3.05, 3.63) is 29.3 Å². The van der Waals surface area contributed by atoms with Crippen LogP contribution in [0.4, 0.5) is 5.69 Å². The second-order valence-electron chi connectivity index (χ2n) is 5.75. The Hall–Kier alpha value is -1.35. The van der Waals surface area contributed by atoms with E-state index in [2.05, 4.69) is 11.8 Å². The van der Waals surface area contributed by atoms with Crippen molar-refractivity contribution in [2.45, 2.75) is 40.2 Å². The van der Waals surface area contributed by atoms with E-state index in [1.807, 2.05) is 65.1 Å². The Labute approximate surface area is 124 Å². The molecule has 0 amide bonds. The third kappa shape index (κ3) is 3.40. The fourth-order valence-electron chi connectivity index (χ4n) is 2.29. The van der Waals surface area contributed by atoms with Crippen LogP contribution in [0.2, 0.25) is 0 Å². The van der Waals surface area contributed by atoms with Crippen LogP contribution in [0.1, 0.15) is 43.6 Å². The van der Waals surface area contributed by atoms with Crippen LogP contribution < -0.4 is 4.90 Å². The molecule has 0 radical (unpaired) electrons. The summed E-state index contributed by atoms with van der Waals surface area (Å²) in [5.41, 5.74) is 2.64. The highest BCUT2D eigenvalue weighted by Gasteiger charge is 2.34. The minimum absolute atomic E-state index is 0. The third-order valence-electron chi connectivity index (χ3n) is 4.11. The predicted octanol–water partition coefficient (Wildman–Crippen LogP) is 3.61. The van der Waals surface area contributed by atoms with Crippen molar-refractivity contribution in [1.82, 2.24) is 4.90 Å². The summed E-state index contributed by atoms with van der Waals surface area (Å²) in [5, 5.41) is 0. The van der Waals surface area contributed by atoms with E-state index in [9.17, 15) is 4.79 Å². The number of aryl methyl sites for hydroxylation is 1. The lowest BCUT2D eigenvalue weighted by Gasteiger charge is -2.34. The number of carbonyl (C=O) groups is 1. The van der Waals surface area contributed by atoms with Crippen LogP contribution in [0, 0.1) is 6.92 Å². The SMILES string of the molecule is C.CCC(C)(C(=O)c1ccc(N(C)C)c(C)c1)N(C)C. The van der Waals surface area contributed by atoms with Gasteiger partial charge in [-0.3, -0.25) is 9.69 Å². The monoisotopic (exact) mass is 278 g/mol. The van der Waals surface area contributed by atoms with Gasteiger partial charge in [-0.05, 0) is 58.1 Å². The van der Waals surface area contributed by atoms with E-state index in [1.54, 1.807) is 0 Å². The van der Waals surface area contributed by atoms with Crippen molar-refractivity contribution in [1.29, 1.82) is 0 Å². The van der Waals surface area contributed by atoms with E-state index < -0.39 is 5.54 Å². The number of nitrogens with zero attached hydrogens (tertiary/aromatic N) is 2. The summed E-state index contributed by atoms with van der Waals surface area (Å²) in [6.07, 6.45) is 0.799. The third-order valence-corrected chi connectivity index (χ3v) is 4.11. The van der Waals surface area contributed by atoms with Gasteiger partial charge in [-0.1, -0.05) is 14.4 Å². The maximum Gasteiger partial charge on any atom is 0.182 e. The largest absolute Gasteiger partial charge is 0.377 e. The topological polar surface area (TPSA) is 23.6 Å². The second kappa shape index (κ2) is 6.89. The van der Waals surface area contributed by atoms with Crippen LogP contribution in [0.3, 0.4) is 0 Å². The fourth-order valence-corrected chi connectivity index (χ4v) is 2.29. The number of benzene rings is 1. The molecular weight excluding hydrogens is 248 g/mol. The first kappa shape index (κ1) is 18.7. The summed E-state index contributed by atoms with van der Waals surface area (Å²) < 4.78 is 0. The zero-order valence-electron chi connectivity index (χ0n) is 13.2. The van der Waals surface area contributed by atoms with Crippen LogP contribution in [0.5, 0.6) is 0 Å². The van der Waals surface area contributed by atoms with Crippen LogP contribution in [-0.2, 0) is 0 Å². The van der Waals surface area contributed by atoms with Gasteiger partial charge in [0.1, 0.15) is 0 Å². The van der Waals surface area contributed by atoms with Gasteiger partial charge in [0.2, 0.25) is 0 Å². The quantitative estimate of drug-likeness (QED) is 0.769. The minimum atomic E-state index is -0.438.